The lowest BCUT2D eigenvalue weighted by Gasteiger charge is -2.29. The first-order chi connectivity index (χ1) is 9.17. The molecule has 19 heavy (non-hydrogen) atoms. The summed E-state index contributed by atoms with van der Waals surface area (Å²) < 4.78 is 11.2. The molecule has 2 heterocycles. The molecule has 1 aliphatic rings. The van der Waals surface area contributed by atoms with Gasteiger partial charge in [-0.15, -0.1) is 11.3 Å². The van der Waals surface area contributed by atoms with E-state index < -0.39 is 6.10 Å². The van der Waals surface area contributed by atoms with Gasteiger partial charge in [-0.25, -0.2) is 0 Å². The highest BCUT2D eigenvalue weighted by Crippen LogP contribution is 2.43. The van der Waals surface area contributed by atoms with E-state index in [0.29, 0.717) is 6.42 Å². The number of aryl methyl sites for hydroxylation is 1. The van der Waals surface area contributed by atoms with Crippen LogP contribution in [-0.4, -0.2) is 12.2 Å². The number of benzene rings is 1. The van der Waals surface area contributed by atoms with Crippen LogP contribution in [0.2, 0.25) is 0 Å². The minimum atomic E-state index is -0.508. The number of thiophene rings is 1. The molecule has 2 aromatic rings. The summed E-state index contributed by atoms with van der Waals surface area (Å²) in [5, 5.41) is 10.3. The Morgan fingerprint density at radius 3 is 2.84 bits per heavy atom. The molecule has 3 rings (SSSR count). The Morgan fingerprint density at radius 2 is 2.16 bits per heavy atom. The van der Waals surface area contributed by atoms with Crippen LogP contribution in [0.5, 0.6) is 11.5 Å². The first-order valence-electron chi connectivity index (χ1n) is 6.26. The zero-order valence-corrected chi connectivity index (χ0v) is 11.7. The van der Waals surface area contributed by atoms with Crippen LogP contribution in [0, 0.1) is 6.92 Å². The normalized spacial score (nSPS) is 21.6. The standard InChI is InChI=1S/C15H16O3S/c1-9-3-6-15(19-9)14-8-12(16)11-7-10(17-2)4-5-13(11)18-14/h3-7,12,14,16H,8H2,1-2H3/t12-,14?/m1/s1. The van der Waals surface area contributed by atoms with Crippen LogP contribution in [0.25, 0.3) is 0 Å². The lowest BCUT2D eigenvalue weighted by atomic mass is 9.98. The van der Waals surface area contributed by atoms with Gasteiger partial charge in [-0.2, -0.15) is 0 Å². The van der Waals surface area contributed by atoms with E-state index in [-0.39, 0.29) is 6.10 Å². The minimum absolute atomic E-state index is 0.0606. The van der Waals surface area contributed by atoms with E-state index in [0.717, 1.165) is 21.9 Å². The Balaban J connectivity index is 1.92. The fourth-order valence-corrected chi connectivity index (χ4v) is 3.27. The van der Waals surface area contributed by atoms with E-state index in [1.165, 1.54) is 4.88 Å². The third-order valence-corrected chi connectivity index (χ3v) is 4.45. The molecule has 1 unspecified atom stereocenters. The molecule has 1 aromatic carbocycles. The maximum Gasteiger partial charge on any atom is 0.136 e. The number of hydrogen-bond acceptors (Lipinski definition) is 4. The molecule has 0 amide bonds. The van der Waals surface area contributed by atoms with E-state index in [1.807, 2.05) is 18.2 Å². The van der Waals surface area contributed by atoms with Crippen LogP contribution in [0.3, 0.4) is 0 Å². The van der Waals surface area contributed by atoms with Crippen LogP contribution in [0.1, 0.15) is 33.9 Å². The molecule has 0 saturated carbocycles. The lowest BCUT2D eigenvalue weighted by molar-refractivity contribution is 0.0671. The molecule has 0 saturated heterocycles. The number of fused-ring (bicyclic) bond motifs is 1. The lowest BCUT2D eigenvalue weighted by Crippen LogP contribution is -2.18. The molecule has 2 atom stereocenters. The molecular formula is C15H16O3S. The molecule has 0 radical (unpaired) electrons. The van der Waals surface area contributed by atoms with Gasteiger partial charge < -0.3 is 14.6 Å². The van der Waals surface area contributed by atoms with E-state index >= 15 is 0 Å². The van der Waals surface area contributed by atoms with Crippen molar-refractivity contribution < 1.29 is 14.6 Å². The minimum Gasteiger partial charge on any atom is -0.497 e. The number of hydrogen-bond donors (Lipinski definition) is 1. The molecule has 1 aliphatic heterocycles. The third-order valence-electron chi connectivity index (χ3n) is 3.36. The quantitative estimate of drug-likeness (QED) is 0.910. The van der Waals surface area contributed by atoms with Gasteiger partial charge in [0.2, 0.25) is 0 Å². The van der Waals surface area contributed by atoms with Gasteiger partial charge in [0, 0.05) is 21.7 Å². The zero-order valence-electron chi connectivity index (χ0n) is 10.9. The van der Waals surface area contributed by atoms with Crippen molar-refractivity contribution in [1.29, 1.82) is 0 Å². The first-order valence-corrected chi connectivity index (χ1v) is 7.08. The smallest absolute Gasteiger partial charge is 0.136 e. The number of methoxy groups -OCH3 is 1. The molecule has 4 heteroatoms. The van der Waals surface area contributed by atoms with Gasteiger partial charge in [-0.1, -0.05) is 0 Å². The molecule has 100 valence electrons. The second-order valence-corrected chi connectivity index (χ2v) is 6.03. The van der Waals surface area contributed by atoms with Gasteiger partial charge in [0.15, 0.2) is 0 Å². The summed E-state index contributed by atoms with van der Waals surface area (Å²) in [6.45, 7) is 2.08. The summed E-state index contributed by atoms with van der Waals surface area (Å²) in [6, 6.07) is 9.72. The van der Waals surface area contributed by atoms with E-state index in [4.69, 9.17) is 9.47 Å². The Bertz CT molecular complexity index is 591. The molecule has 3 nitrogen and oxygen atoms in total. The predicted octanol–water partition coefficient (Wildman–Crippen LogP) is 3.62. The van der Waals surface area contributed by atoms with E-state index in [2.05, 4.69) is 19.1 Å². The van der Waals surface area contributed by atoms with E-state index in [1.54, 1.807) is 18.4 Å². The van der Waals surface area contributed by atoms with Crippen LogP contribution in [0.4, 0.5) is 0 Å². The average molecular weight is 276 g/mol. The second kappa shape index (κ2) is 4.87. The van der Waals surface area contributed by atoms with Gasteiger partial charge in [-0.3, -0.25) is 0 Å². The topological polar surface area (TPSA) is 38.7 Å². The van der Waals surface area contributed by atoms with Crippen molar-refractivity contribution in [1.82, 2.24) is 0 Å². The number of rotatable bonds is 2. The first kappa shape index (κ1) is 12.5. The molecule has 0 fully saturated rings. The molecular weight excluding hydrogens is 260 g/mol. The molecule has 0 aliphatic carbocycles. The van der Waals surface area contributed by atoms with Crippen LogP contribution >= 0.6 is 11.3 Å². The van der Waals surface area contributed by atoms with Crippen molar-refractivity contribution in [3.8, 4) is 11.5 Å². The largest absolute Gasteiger partial charge is 0.497 e. The monoisotopic (exact) mass is 276 g/mol. The van der Waals surface area contributed by atoms with Gasteiger partial charge in [0.25, 0.3) is 0 Å². The number of aliphatic hydroxyl groups excluding tert-OH is 1. The second-order valence-electron chi connectivity index (χ2n) is 4.71. The summed E-state index contributed by atoms with van der Waals surface area (Å²) >= 11 is 1.72. The maximum absolute atomic E-state index is 10.3. The van der Waals surface area contributed by atoms with Gasteiger partial charge in [0.05, 0.1) is 13.2 Å². The van der Waals surface area contributed by atoms with Gasteiger partial charge >= 0.3 is 0 Å². The average Bonchev–Trinajstić information content (AvgIpc) is 2.85. The predicted molar refractivity (Wildman–Crippen MR) is 75.0 cm³/mol. The molecule has 1 N–H and O–H groups in total. The van der Waals surface area contributed by atoms with Crippen molar-refractivity contribution in [2.45, 2.75) is 25.6 Å². The Hall–Kier alpha value is -1.52. The number of aliphatic hydroxyl groups is 1. The van der Waals surface area contributed by atoms with Crippen LogP contribution in [0.15, 0.2) is 30.3 Å². The van der Waals surface area contributed by atoms with Crippen LogP contribution in [-0.2, 0) is 0 Å². The van der Waals surface area contributed by atoms with Crippen LogP contribution < -0.4 is 9.47 Å². The van der Waals surface area contributed by atoms with Crippen molar-refractivity contribution in [3.05, 3.63) is 45.6 Å². The SMILES string of the molecule is COc1ccc2c(c1)[C@H](O)CC(c1ccc(C)s1)O2. The summed E-state index contributed by atoms with van der Waals surface area (Å²) in [4.78, 5) is 2.42. The Kier molecular flexibility index (Phi) is 3.21. The fourth-order valence-electron chi connectivity index (χ4n) is 2.35. The van der Waals surface area contributed by atoms with Gasteiger partial charge in [0.1, 0.15) is 17.6 Å². The maximum atomic E-state index is 10.3. The third kappa shape index (κ3) is 2.33. The summed E-state index contributed by atoms with van der Waals surface area (Å²) in [5.74, 6) is 1.49. The highest BCUT2D eigenvalue weighted by Gasteiger charge is 2.29. The van der Waals surface area contributed by atoms with Crippen molar-refractivity contribution in [2.24, 2.45) is 0 Å². The summed E-state index contributed by atoms with van der Waals surface area (Å²) in [6.07, 6.45) is 0.0148. The highest BCUT2D eigenvalue weighted by atomic mass is 32.1. The molecule has 0 bridgehead atoms. The van der Waals surface area contributed by atoms with E-state index in [9.17, 15) is 5.11 Å². The van der Waals surface area contributed by atoms with Crippen molar-refractivity contribution in [2.75, 3.05) is 7.11 Å². The fraction of sp³-hybridized carbons (Fsp3) is 0.333. The Morgan fingerprint density at radius 1 is 1.32 bits per heavy atom. The highest BCUT2D eigenvalue weighted by molar-refractivity contribution is 7.12. The summed E-state index contributed by atoms with van der Waals surface area (Å²) in [5.41, 5.74) is 0.809. The summed E-state index contributed by atoms with van der Waals surface area (Å²) in [7, 11) is 1.62. The zero-order chi connectivity index (χ0) is 13.4. The van der Waals surface area contributed by atoms with Crippen molar-refractivity contribution in [3.63, 3.8) is 0 Å². The van der Waals surface area contributed by atoms with Crippen molar-refractivity contribution >= 4 is 11.3 Å². The number of ether oxygens (including phenoxy) is 2. The Labute approximate surface area is 116 Å². The molecule has 1 aromatic heterocycles. The molecule has 0 spiro atoms. The van der Waals surface area contributed by atoms with Gasteiger partial charge in [-0.05, 0) is 37.3 Å².